The zero-order valence-electron chi connectivity index (χ0n) is 9.68. The first-order valence-electron chi connectivity index (χ1n) is 5.89. The standard InChI is InChI=1S/C6H13N.C5H12N2/c1-6-3-2-4-7-5-6;1-7-4-2-6-3-5-7/h6-7H,2-5H2,1H3;6H,2-5H2,1H3. The monoisotopic (exact) mass is 199 g/mol. The second kappa shape index (κ2) is 7.21. The van der Waals surface area contributed by atoms with Crippen molar-refractivity contribution in [3.63, 3.8) is 0 Å². The van der Waals surface area contributed by atoms with E-state index in [4.69, 9.17) is 0 Å². The van der Waals surface area contributed by atoms with Crippen LogP contribution in [-0.4, -0.2) is 51.2 Å². The van der Waals surface area contributed by atoms with Gasteiger partial charge in [0, 0.05) is 26.2 Å². The fourth-order valence-electron chi connectivity index (χ4n) is 1.80. The summed E-state index contributed by atoms with van der Waals surface area (Å²) in [6, 6.07) is 0. The predicted octanol–water partition coefficient (Wildman–Crippen LogP) is 0.527. The zero-order valence-corrected chi connectivity index (χ0v) is 9.68. The molecule has 3 heteroatoms. The number of piperidine rings is 1. The Morgan fingerprint density at radius 1 is 1.07 bits per heavy atom. The topological polar surface area (TPSA) is 27.3 Å². The van der Waals surface area contributed by atoms with Gasteiger partial charge in [0.05, 0.1) is 0 Å². The van der Waals surface area contributed by atoms with Gasteiger partial charge < -0.3 is 15.5 Å². The lowest BCUT2D eigenvalue weighted by atomic mass is 10.0. The minimum Gasteiger partial charge on any atom is -0.316 e. The number of nitrogens with one attached hydrogen (secondary N) is 2. The third kappa shape index (κ3) is 5.58. The molecule has 0 aromatic rings. The quantitative estimate of drug-likeness (QED) is 0.596. The molecule has 2 aliphatic rings. The molecular formula is C11H25N3. The summed E-state index contributed by atoms with van der Waals surface area (Å²) in [4.78, 5) is 2.33. The molecule has 0 aromatic carbocycles. The molecular weight excluding hydrogens is 174 g/mol. The largest absolute Gasteiger partial charge is 0.316 e. The Labute approximate surface area is 88.2 Å². The Bertz CT molecular complexity index is 110. The normalized spacial score (nSPS) is 29.1. The number of rotatable bonds is 0. The molecule has 84 valence electrons. The van der Waals surface area contributed by atoms with Crippen LogP contribution in [0.3, 0.4) is 0 Å². The smallest absolute Gasteiger partial charge is 0.0104 e. The zero-order chi connectivity index (χ0) is 10.2. The molecule has 0 aliphatic carbocycles. The van der Waals surface area contributed by atoms with Crippen LogP contribution in [0.2, 0.25) is 0 Å². The second-order valence-electron chi connectivity index (χ2n) is 4.50. The predicted molar refractivity (Wildman–Crippen MR) is 61.6 cm³/mol. The summed E-state index contributed by atoms with van der Waals surface area (Å²) in [5.41, 5.74) is 0. The van der Waals surface area contributed by atoms with Gasteiger partial charge in [0.1, 0.15) is 0 Å². The van der Waals surface area contributed by atoms with Crippen molar-refractivity contribution in [2.24, 2.45) is 5.92 Å². The third-order valence-corrected chi connectivity index (χ3v) is 2.88. The van der Waals surface area contributed by atoms with Gasteiger partial charge in [0.15, 0.2) is 0 Å². The molecule has 1 atom stereocenters. The van der Waals surface area contributed by atoms with Crippen LogP contribution in [0.15, 0.2) is 0 Å². The molecule has 14 heavy (non-hydrogen) atoms. The summed E-state index contributed by atoms with van der Waals surface area (Å²) in [7, 11) is 2.15. The van der Waals surface area contributed by atoms with Crippen molar-refractivity contribution in [1.82, 2.24) is 15.5 Å². The Balaban J connectivity index is 0.000000140. The van der Waals surface area contributed by atoms with Crippen LogP contribution >= 0.6 is 0 Å². The maximum atomic E-state index is 3.33. The van der Waals surface area contributed by atoms with Gasteiger partial charge in [-0.1, -0.05) is 6.92 Å². The lowest BCUT2D eigenvalue weighted by Crippen LogP contribution is -2.40. The maximum Gasteiger partial charge on any atom is 0.0104 e. The van der Waals surface area contributed by atoms with Crippen molar-refractivity contribution >= 4 is 0 Å². The third-order valence-electron chi connectivity index (χ3n) is 2.88. The number of likely N-dealkylation sites (N-methyl/N-ethyl adjacent to an activating group) is 1. The van der Waals surface area contributed by atoms with Crippen LogP contribution in [0, 0.1) is 5.92 Å². The van der Waals surface area contributed by atoms with E-state index in [-0.39, 0.29) is 0 Å². The van der Waals surface area contributed by atoms with Crippen LogP contribution in [0.5, 0.6) is 0 Å². The summed E-state index contributed by atoms with van der Waals surface area (Å²) in [6.45, 7) is 9.52. The number of hydrogen-bond donors (Lipinski definition) is 2. The van der Waals surface area contributed by atoms with Crippen molar-refractivity contribution in [2.45, 2.75) is 19.8 Å². The molecule has 0 bridgehead atoms. The average molecular weight is 199 g/mol. The van der Waals surface area contributed by atoms with Crippen LogP contribution in [0.4, 0.5) is 0 Å². The van der Waals surface area contributed by atoms with E-state index in [0.29, 0.717) is 0 Å². The van der Waals surface area contributed by atoms with Crippen molar-refractivity contribution in [2.75, 3.05) is 46.3 Å². The maximum absolute atomic E-state index is 3.33. The van der Waals surface area contributed by atoms with E-state index >= 15 is 0 Å². The molecule has 0 aromatic heterocycles. The number of piperazine rings is 1. The Morgan fingerprint density at radius 3 is 2.07 bits per heavy atom. The molecule has 2 fully saturated rings. The van der Waals surface area contributed by atoms with Crippen molar-refractivity contribution in [3.05, 3.63) is 0 Å². The molecule has 2 heterocycles. The van der Waals surface area contributed by atoms with Crippen LogP contribution in [0.25, 0.3) is 0 Å². The minimum atomic E-state index is 0.925. The van der Waals surface area contributed by atoms with E-state index in [0.717, 1.165) is 19.0 Å². The molecule has 2 rings (SSSR count). The van der Waals surface area contributed by atoms with Crippen LogP contribution in [0.1, 0.15) is 19.8 Å². The molecule has 1 unspecified atom stereocenters. The van der Waals surface area contributed by atoms with Gasteiger partial charge in [-0.3, -0.25) is 0 Å². The molecule has 0 amide bonds. The molecule has 0 saturated carbocycles. The lowest BCUT2D eigenvalue weighted by Gasteiger charge is -2.21. The summed E-state index contributed by atoms with van der Waals surface area (Å²) < 4.78 is 0. The van der Waals surface area contributed by atoms with Gasteiger partial charge in [-0.15, -0.1) is 0 Å². The Morgan fingerprint density at radius 2 is 1.79 bits per heavy atom. The Hall–Kier alpha value is -0.120. The van der Waals surface area contributed by atoms with E-state index in [1.54, 1.807) is 0 Å². The van der Waals surface area contributed by atoms with E-state index in [9.17, 15) is 0 Å². The first kappa shape index (κ1) is 12.0. The van der Waals surface area contributed by atoms with Crippen LogP contribution in [-0.2, 0) is 0 Å². The van der Waals surface area contributed by atoms with E-state index in [1.807, 2.05) is 0 Å². The van der Waals surface area contributed by atoms with E-state index < -0.39 is 0 Å². The molecule has 0 spiro atoms. The van der Waals surface area contributed by atoms with Crippen LogP contribution < -0.4 is 10.6 Å². The van der Waals surface area contributed by atoms with Gasteiger partial charge in [0.2, 0.25) is 0 Å². The van der Waals surface area contributed by atoms with Gasteiger partial charge in [-0.05, 0) is 38.9 Å². The molecule has 2 saturated heterocycles. The minimum absolute atomic E-state index is 0.925. The lowest BCUT2D eigenvalue weighted by molar-refractivity contribution is 0.291. The fourth-order valence-corrected chi connectivity index (χ4v) is 1.80. The fraction of sp³-hybridized carbons (Fsp3) is 1.00. The summed E-state index contributed by atoms with van der Waals surface area (Å²) in [5.74, 6) is 0.925. The summed E-state index contributed by atoms with van der Waals surface area (Å²) in [5, 5.41) is 6.61. The highest BCUT2D eigenvalue weighted by atomic mass is 15.2. The molecule has 3 nitrogen and oxygen atoms in total. The first-order valence-corrected chi connectivity index (χ1v) is 5.89. The van der Waals surface area contributed by atoms with E-state index in [2.05, 4.69) is 29.5 Å². The van der Waals surface area contributed by atoms with Crippen molar-refractivity contribution in [1.29, 1.82) is 0 Å². The van der Waals surface area contributed by atoms with Crippen molar-refractivity contribution < 1.29 is 0 Å². The Kier molecular flexibility index (Phi) is 6.15. The highest BCUT2D eigenvalue weighted by molar-refractivity contribution is 4.63. The summed E-state index contributed by atoms with van der Waals surface area (Å²) in [6.07, 6.45) is 2.80. The van der Waals surface area contributed by atoms with Gasteiger partial charge in [-0.2, -0.15) is 0 Å². The molecule has 0 radical (unpaired) electrons. The highest BCUT2D eigenvalue weighted by Gasteiger charge is 2.04. The highest BCUT2D eigenvalue weighted by Crippen LogP contribution is 2.06. The molecule has 2 N–H and O–H groups in total. The SMILES string of the molecule is CC1CCCNC1.CN1CCNCC1. The molecule has 2 aliphatic heterocycles. The van der Waals surface area contributed by atoms with Crippen molar-refractivity contribution in [3.8, 4) is 0 Å². The number of nitrogens with zero attached hydrogens (tertiary/aromatic N) is 1. The average Bonchev–Trinajstić information content (AvgIpc) is 2.21. The van der Waals surface area contributed by atoms with E-state index in [1.165, 1.54) is 39.0 Å². The summed E-state index contributed by atoms with van der Waals surface area (Å²) >= 11 is 0. The van der Waals surface area contributed by atoms with Gasteiger partial charge >= 0.3 is 0 Å². The second-order valence-corrected chi connectivity index (χ2v) is 4.50. The number of hydrogen-bond acceptors (Lipinski definition) is 3. The van der Waals surface area contributed by atoms with Gasteiger partial charge in [-0.25, -0.2) is 0 Å². The van der Waals surface area contributed by atoms with Gasteiger partial charge in [0.25, 0.3) is 0 Å². The first-order chi connectivity index (χ1) is 6.79.